The monoisotopic (exact) mass is 271 g/mol. The lowest BCUT2D eigenvalue weighted by molar-refractivity contribution is -0.149. The number of carbonyl (C=O) groups is 1. The number of esters is 1. The third-order valence-corrected chi connectivity index (χ3v) is 3.39. The Balaban J connectivity index is 2.15. The van der Waals surface area contributed by atoms with Crippen molar-refractivity contribution in [1.82, 2.24) is 5.32 Å². The van der Waals surface area contributed by atoms with E-state index in [2.05, 4.69) is 29.6 Å². The van der Waals surface area contributed by atoms with Gasteiger partial charge in [-0.15, -0.1) is 0 Å². The minimum Gasteiger partial charge on any atom is -0.465 e. The third kappa shape index (κ3) is 3.17. The molecule has 2 aromatic carbocycles. The summed E-state index contributed by atoms with van der Waals surface area (Å²) in [6.45, 7) is 6.54. The van der Waals surface area contributed by atoms with Gasteiger partial charge in [0.25, 0.3) is 0 Å². The van der Waals surface area contributed by atoms with Crippen molar-refractivity contribution in [3.8, 4) is 0 Å². The van der Waals surface area contributed by atoms with Crippen LogP contribution in [0.15, 0.2) is 42.5 Å². The Morgan fingerprint density at radius 2 is 1.85 bits per heavy atom. The average Bonchev–Trinajstić information content (AvgIpc) is 2.45. The van der Waals surface area contributed by atoms with Gasteiger partial charge in [-0.25, -0.2) is 0 Å². The van der Waals surface area contributed by atoms with Crippen LogP contribution in [0.1, 0.15) is 26.3 Å². The molecule has 0 aromatic heterocycles. The summed E-state index contributed by atoms with van der Waals surface area (Å²) in [5.74, 6) is -0.222. The second kappa shape index (κ2) is 6.06. The first-order valence-electron chi connectivity index (χ1n) is 6.93. The Labute approximate surface area is 119 Å². The van der Waals surface area contributed by atoms with E-state index in [1.54, 1.807) is 0 Å². The van der Waals surface area contributed by atoms with Crippen molar-refractivity contribution in [3.63, 3.8) is 0 Å². The van der Waals surface area contributed by atoms with Gasteiger partial charge >= 0.3 is 5.97 Å². The van der Waals surface area contributed by atoms with Crippen molar-refractivity contribution in [1.29, 1.82) is 0 Å². The lowest BCUT2D eigenvalue weighted by atomic mass is 10.0. The summed E-state index contributed by atoms with van der Waals surface area (Å²) in [4.78, 5) is 11.9. The lowest BCUT2D eigenvalue weighted by Gasteiger charge is -2.24. The molecule has 0 saturated carbocycles. The zero-order chi connectivity index (χ0) is 14.6. The molecular formula is C17H21NO2. The van der Waals surface area contributed by atoms with Crippen LogP contribution in [0, 0.1) is 0 Å². The maximum absolute atomic E-state index is 11.9. The second-order valence-corrected chi connectivity index (χ2v) is 5.34. The molecule has 0 saturated heterocycles. The minimum atomic E-state index is -0.688. The predicted molar refractivity (Wildman–Crippen MR) is 81.5 cm³/mol. The molecule has 0 spiro atoms. The molecule has 0 unspecified atom stereocenters. The number of benzene rings is 2. The number of hydrogen-bond donors (Lipinski definition) is 1. The van der Waals surface area contributed by atoms with E-state index in [1.807, 2.05) is 39.0 Å². The molecular weight excluding hydrogens is 250 g/mol. The Kier molecular flexibility index (Phi) is 4.40. The van der Waals surface area contributed by atoms with Crippen molar-refractivity contribution in [3.05, 3.63) is 48.0 Å². The van der Waals surface area contributed by atoms with Crippen LogP contribution in [-0.4, -0.2) is 18.1 Å². The summed E-state index contributed by atoms with van der Waals surface area (Å²) in [7, 11) is 0. The Morgan fingerprint density at radius 3 is 2.60 bits per heavy atom. The molecule has 106 valence electrons. The standard InChI is InChI=1S/C17H21NO2/c1-4-20-16(19)17(2,3)18-12-14-10-7-9-13-8-5-6-11-15(13)14/h5-11,18H,4,12H2,1-3H3. The molecule has 0 aliphatic rings. The summed E-state index contributed by atoms with van der Waals surface area (Å²) in [5, 5.41) is 5.70. The van der Waals surface area contributed by atoms with E-state index in [1.165, 1.54) is 16.3 Å². The molecule has 20 heavy (non-hydrogen) atoms. The highest BCUT2D eigenvalue weighted by Gasteiger charge is 2.28. The van der Waals surface area contributed by atoms with Crippen LogP contribution in [-0.2, 0) is 16.1 Å². The van der Waals surface area contributed by atoms with Gasteiger partial charge in [0.15, 0.2) is 0 Å². The zero-order valence-electron chi connectivity index (χ0n) is 12.3. The second-order valence-electron chi connectivity index (χ2n) is 5.34. The van der Waals surface area contributed by atoms with Gasteiger partial charge in [-0.2, -0.15) is 0 Å². The van der Waals surface area contributed by atoms with Gasteiger partial charge in [-0.1, -0.05) is 42.5 Å². The van der Waals surface area contributed by atoms with Crippen molar-refractivity contribution >= 4 is 16.7 Å². The van der Waals surface area contributed by atoms with Gasteiger partial charge < -0.3 is 4.74 Å². The van der Waals surface area contributed by atoms with Gasteiger partial charge in [-0.3, -0.25) is 10.1 Å². The summed E-state index contributed by atoms with van der Waals surface area (Å²) in [6.07, 6.45) is 0. The average molecular weight is 271 g/mol. The van der Waals surface area contributed by atoms with E-state index in [9.17, 15) is 4.79 Å². The van der Waals surface area contributed by atoms with Crippen LogP contribution in [0.4, 0.5) is 0 Å². The van der Waals surface area contributed by atoms with Crippen LogP contribution >= 0.6 is 0 Å². The van der Waals surface area contributed by atoms with E-state index >= 15 is 0 Å². The van der Waals surface area contributed by atoms with Crippen molar-refractivity contribution < 1.29 is 9.53 Å². The number of carbonyl (C=O) groups excluding carboxylic acids is 1. The highest BCUT2D eigenvalue weighted by Crippen LogP contribution is 2.19. The van der Waals surface area contributed by atoms with E-state index in [0.29, 0.717) is 13.2 Å². The van der Waals surface area contributed by atoms with Crippen LogP contribution in [0.5, 0.6) is 0 Å². The fraction of sp³-hybridized carbons (Fsp3) is 0.353. The van der Waals surface area contributed by atoms with Crippen molar-refractivity contribution in [2.75, 3.05) is 6.61 Å². The topological polar surface area (TPSA) is 38.3 Å². The van der Waals surface area contributed by atoms with Gasteiger partial charge in [-0.05, 0) is 37.1 Å². The number of nitrogens with one attached hydrogen (secondary N) is 1. The summed E-state index contributed by atoms with van der Waals surface area (Å²) >= 11 is 0. The Morgan fingerprint density at radius 1 is 1.15 bits per heavy atom. The third-order valence-electron chi connectivity index (χ3n) is 3.39. The summed E-state index contributed by atoms with van der Waals surface area (Å²) in [6, 6.07) is 14.5. The first kappa shape index (κ1) is 14.5. The maximum Gasteiger partial charge on any atom is 0.325 e. The fourth-order valence-electron chi connectivity index (χ4n) is 2.15. The van der Waals surface area contributed by atoms with Crippen molar-refractivity contribution in [2.24, 2.45) is 0 Å². The van der Waals surface area contributed by atoms with Gasteiger partial charge in [0, 0.05) is 6.54 Å². The maximum atomic E-state index is 11.9. The van der Waals surface area contributed by atoms with Crippen molar-refractivity contribution in [2.45, 2.75) is 32.9 Å². The highest BCUT2D eigenvalue weighted by molar-refractivity contribution is 5.85. The molecule has 3 nitrogen and oxygen atoms in total. The van der Waals surface area contributed by atoms with Gasteiger partial charge in [0.2, 0.25) is 0 Å². The van der Waals surface area contributed by atoms with E-state index in [4.69, 9.17) is 4.74 Å². The molecule has 3 heteroatoms. The molecule has 0 heterocycles. The molecule has 0 atom stereocenters. The summed E-state index contributed by atoms with van der Waals surface area (Å²) < 4.78 is 5.08. The number of ether oxygens (including phenoxy) is 1. The molecule has 0 aliphatic heterocycles. The van der Waals surface area contributed by atoms with E-state index in [0.717, 1.165) is 0 Å². The van der Waals surface area contributed by atoms with Crippen LogP contribution < -0.4 is 5.32 Å². The Hall–Kier alpha value is -1.87. The first-order valence-corrected chi connectivity index (χ1v) is 6.93. The first-order chi connectivity index (χ1) is 9.54. The lowest BCUT2D eigenvalue weighted by Crippen LogP contribution is -2.47. The molecule has 2 aromatic rings. The largest absolute Gasteiger partial charge is 0.465 e. The smallest absolute Gasteiger partial charge is 0.325 e. The fourth-order valence-corrected chi connectivity index (χ4v) is 2.15. The predicted octanol–water partition coefficient (Wildman–Crippen LogP) is 3.27. The quantitative estimate of drug-likeness (QED) is 0.848. The summed E-state index contributed by atoms with van der Waals surface area (Å²) in [5.41, 5.74) is 0.493. The van der Waals surface area contributed by atoms with E-state index < -0.39 is 5.54 Å². The molecule has 0 fully saturated rings. The number of rotatable bonds is 5. The number of fused-ring (bicyclic) bond motifs is 1. The molecule has 0 radical (unpaired) electrons. The van der Waals surface area contributed by atoms with Crippen LogP contribution in [0.2, 0.25) is 0 Å². The van der Waals surface area contributed by atoms with Crippen LogP contribution in [0.3, 0.4) is 0 Å². The van der Waals surface area contributed by atoms with Crippen LogP contribution in [0.25, 0.3) is 10.8 Å². The van der Waals surface area contributed by atoms with Gasteiger partial charge in [0.05, 0.1) is 6.61 Å². The minimum absolute atomic E-state index is 0.222. The van der Waals surface area contributed by atoms with Gasteiger partial charge in [0.1, 0.15) is 5.54 Å². The number of hydrogen-bond acceptors (Lipinski definition) is 3. The highest BCUT2D eigenvalue weighted by atomic mass is 16.5. The normalized spacial score (nSPS) is 11.6. The molecule has 0 amide bonds. The molecule has 1 N–H and O–H groups in total. The SMILES string of the molecule is CCOC(=O)C(C)(C)NCc1cccc2ccccc12. The van der Waals surface area contributed by atoms with E-state index in [-0.39, 0.29) is 5.97 Å². The molecule has 0 bridgehead atoms. The molecule has 0 aliphatic carbocycles. The molecule has 2 rings (SSSR count). The zero-order valence-corrected chi connectivity index (χ0v) is 12.3. The Bertz CT molecular complexity index is 599.